The Morgan fingerprint density at radius 3 is 2.64 bits per heavy atom. The maximum Gasteiger partial charge on any atom is 0.138 e. The number of nitrogens with zero attached hydrogens (tertiary/aromatic N) is 1. The van der Waals surface area contributed by atoms with Gasteiger partial charge in [0.2, 0.25) is 0 Å². The average molecular weight is 368 g/mol. The number of fused-ring (bicyclic) bond motifs is 1. The van der Waals surface area contributed by atoms with Crippen LogP contribution in [0, 0.1) is 0 Å². The molecule has 0 aliphatic carbocycles. The zero-order chi connectivity index (χ0) is 18.0. The molecule has 0 radical (unpaired) electrons. The minimum Gasteiger partial charge on any atom is -0.410 e. The fraction of sp³-hybridized carbons (Fsp3) is 0.438. The van der Waals surface area contributed by atoms with Crippen molar-refractivity contribution in [3.05, 3.63) is 36.0 Å². The molecule has 6 N–H and O–H groups in total. The average Bonchev–Trinajstić information content (AvgIpc) is 3.04. The van der Waals surface area contributed by atoms with Crippen molar-refractivity contribution in [1.29, 1.82) is 0 Å². The number of aliphatic hydroxyl groups excluding tert-OH is 4. The molecule has 0 amide bonds. The van der Waals surface area contributed by atoms with Crippen molar-refractivity contribution in [1.82, 2.24) is 4.98 Å². The molecule has 9 heteroatoms. The monoisotopic (exact) mass is 368 g/mol. The number of thioether (sulfide) groups is 1. The first kappa shape index (κ1) is 18.2. The molecule has 1 fully saturated rings. The van der Waals surface area contributed by atoms with Gasteiger partial charge in [0.15, 0.2) is 0 Å². The highest BCUT2D eigenvalue weighted by atomic mass is 32.2. The highest BCUT2D eigenvalue weighted by Gasteiger charge is 2.44. The van der Waals surface area contributed by atoms with Gasteiger partial charge in [0.25, 0.3) is 0 Å². The predicted octanol–water partition coefficient (Wildman–Crippen LogP) is 0.0312. The van der Waals surface area contributed by atoms with Gasteiger partial charge >= 0.3 is 0 Å². The second-order valence-electron chi connectivity index (χ2n) is 5.85. The molecule has 1 saturated heterocycles. The van der Waals surface area contributed by atoms with E-state index in [0.29, 0.717) is 6.42 Å². The normalized spacial score (nSPS) is 30.7. The van der Waals surface area contributed by atoms with E-state index >= 15 is 0 Å². The third-order valence-corrected chi connectivity index (χ3v) is 5.35. The molecule has 0 bridgehead atoms. The van der Waals surface area contributed by atoms with E-state index in [9.17, 15) is 25.6 Å². The van der Waals surface area contributed by atoms with E-state index in [1.54, 1.807) is 0 Å². The van der Waals surface area contributed by atoms with Gasteiger partial charge in [-0.15, -0.1) is 0 Å². The molecule has 1 aliphatic heterocycles. The van der Waals surface area contributed by atoms with Crippen molar-refractivity contribution in [2.45, 2.75) is 36.3 Å². The van der Waals surface area contributed by atoms with Gasteiger partial charge in [0, 0.05) is 23.5 Å². The molecule has 3 rings (SSSR count). The van der Waals surface area contributed by atoms with Crippen molar-refractivity contribution in [2.75, 3.05) is 6.61 Å². The van der Waals surface area contributed by atoms with E-state index in [2.05, 4.69) is 10.1 Å². The van der Waals surface area contributed by atoms with Crippen LogP contribution in [0.4, 0.5) is 0 Å². The maximum atomic E-state index is 10.1. The molecule has 0 saturated carbocycles. The molecule has 0 spiro atoms. The molecule has 5 unspecified atom stereocenters. The largest absolute Gasteiger partial charge is 0.410 e. The fourth-order valence-corrected chi connectivity index (χ4v) is 3.89. The van der Waals surface area contributed by atoms with Gasteiger partial charge in [0.1, 0.15) is 34.9 Å². The number of aliphatic hydroxyl groups is 4. The highest BCUT2D eigenvalue weighted by molar-refractivity contribution is 8.14. The first-order valence-electron chi connectivity index (χ1n) is 7.78. The molecular weight excluding hydrogens is 348 g/mol. The third-order valence-electron chi connectivity index (χ3n) is 4.23. The number of oxime groups is 1. The first-order valence-corrected chi connectivity index (χ1v) is 8.66. The van der Waals surface area contributed by atoms with Crippen molar-refractivity contribution < 1.29 is 30.4 Å². The van der Waals surface area contributed by atoms with Crippen LogP contribution in [0.15, 0.2) is 35.6 Å². The van der Waals surface area contributed by atoms with Gasteiger partial charge < -0.3 is 35.4 Å². The van der Waals surface area contributed by atoms with Gasteiger partial charge in [-0.2, -0.15) is 0 Å². The quantitative estimate of drug-likeness (QED) is 0.194. The maximum absolute atomic E-state index is 10.1. The third kappa shape index (κ3) is 3.66. The molecular formula is C16H20N2O6S. The lowest BCUT2D eigenvalue weighted by molar-refractivity contribution is -0.205. The Morgan fingerprint density at radius 2 is 1.92 bits per heavy atom. The number of H-pyrrole nitrogens is 1. The first-order chi connectivity index (χ1) is 12.0. The SMILES string of the molecule is OCC1OC(SC(Cc2c[nH]c3ccccc23)=NO)C(O)C(O)C1O. The van der Waals surface area contributed by atoms with Crippen molar-refractivity contribution in [3.8, 4) is 0 Å². The second kappa shape index (κ2) is 7.73. The summed E-state index contributed by atoms with van der Waals surface area (Å²) in [6, 6.07) is 7.68. The Balaban J connectivity index is 1.74. The molecule has 136 valence electrons. The zero-order valence-electron chi connectivity index (χ0n) is 13.2. The number of aromatic amines is 1. The number of ether oxygens (including phenoxy) is 1. The molecule has 5 atom stereocenters. The summed E-state index contributed by atoms with van der Waals surface area (Å²) in [4.78, 5) is 3.13. The summed E-state index contributed by atoms with van der Waals surface area (Å²) in [6.45, 7) is -0.504. The summed E-state index contributed by atoms with van der Waals surface area (Å²) >= 11 is 0.937. The van der Waals surface area contributed by atoms with Crippen LogP contribution in [0.2, 0.25) is 0 Å². The summed E-state index contributed by atoms with van der Waals surface area (Å²) in [5, 5.41) is 52.8. The molecule has 1 aliphatic rings. The van der Waals surface area contributed by atoms with E-state index in [1.165, 1.54) is 0 Å². The Bertz CT molecular complexity index is 749. The lowest BCUT2D eigenvalue weighted by Gasteiger charge is -2.39. The number of benzene rings is 1. The number of rotatable bonds is 4. The minimum absolute atomic E-state index is 0.272. The number of hydrogen-bond acceptors (Lipinski definition) is 8. The van der Waals surface area contributed by atoms with E-state index in [1.807, 2.05) is 30.5 Å². The standard InChI is InChI=1S/C16H20N2O6S/c19-7-11-13(20)14(21)15(22)16(24-11)25-12(18-23)5-8-6-17-10-4-2-1-3-9(8)10/h1-4,6,11,13-17,19-23H,5,7H2. The Kier molecular flexibility index (Phi) is 5.62. The van der Waals surface area contributed by atoms with Crippen LogP contribution in [0.1, 0.15) is 5.56 Å². The number of aromatic nitrogens is 1. The molecule has 2 heterocycles. The van der Waals surface area contributed by atoms with Crippen LogP contribution in [0.5, 0.6) is 0 Å². The van der Waals surface area contributed by atoms with E-state index in [0.717, 1.165) is 28.2 Å². The number of hydrogen-bond donors (Lipinski definition) is 6. The Morgan fingerprint density at radius 1 is 1.16 bits per heavy atom. The van der Waals surface area contributed by atoms with Crippen molar-refractivity contribution >= 4 is 27.7 Å². The molecule has 1 aromatic carbocycles. The molecule has 1 aromatic heterocycles. The van der Waals surface area contributed by atoms with Crippen LogP contribution in [-0.2, 0) is 11.2 Å². The Labute approximate surface area is 147 Å². The summed E-state index contributed by atoms with van der Waals surface area (Å²) < 4.78 is 5.42. The Hall–Kier alpha value is -1.62. The van der Waals surface area contributed by atoms with E-state index in [4.69, 9.17) is 4.74 Å². The van der Waals surface area contributed by atoms with E-state index < -0.39 is 36.5 Å². The number of nitrogens with one attached hydrogen (secondary N) is 1. The van der Waals surface area contributed by atoms with Gasteiger partial charge in [-0.3, -0.25) is 0 Å². The van der Waals surface area contributed by atoms with Crippen LogP contribution in [0.3, 0.4) is 0 Å². The van der Waals surface area contributed by atoms with Gasteiger partial charge in [0.05, 0.1) is 6.61 Å². The van der Waals surface area contributed by atoms with Gasteiger partial charge in [-0.25, -0.2) is 0 Å². The van der Waals surface area contributed by atoms with Crippen LogP contribution in [0.25, 0.3) is 10.9 Å². The fourth-order valence-electron chi connectivity index (χ4n) is 2.84. The van der Waals surface area contributed by atoms with Gasteiger partial charge in [-0.05, 0) is 11.6 Å². The summed E-state index contributed by atoms with van der Waals surface area (Å²) in [5.74, 6) is 0. The zero-order valence-corrected chi connectivity index (χ0v) is 14.0. The summed E-state index contributed by atoms with van der Waals surface area (Å²) in [6.07, 6.45) is -3.16. The van der Waals surface area contributed by atoms with E-state index in [-0.39, 0.29) is 5.04 Å². The van der Waals surface area contributed by atoms with Crippen LogP contribution >= 0.6 is 11.8 Å². The second-order valence-corrected chi connectivity index (χ2v) is 7.02. The van der Waals surface area contributed by atoms with Crippen LogP contribution in [-0.4, -0.2) is 72.1 Å². The van der Waals surface area contributed by atoms with Crippen molar-refractivity contribution in [3.63, 3.8) is 0 Å². The molecule has 8 nitrogen and oxygen atoms in total. The van der Waals surface area contributed by atoms with Crippen molar-refractivity contribution in [2.24, 2.45) is 5.16 Å². The molecule has 2 aromatic rings. The summed E-state index contributed by atoms with van der Waals surface area (Å²) in [7, 11) is 0. The molecule has 25 heavy (non-hydrogen) atoms. The smallest absolute Gasteiger partial charge is 0.138 e. The van der Waals surface area contributed by atoms with Gasteiger partial charge in [-0.1, -0.05) is 35.1 Å². The summed E-state index contributed by atoms with van der Waals surface area (Å²) in [5.41, 5.74) is 0.875. The topological polar surface area (TPSA) is 139 Å². The number of para-hydroxylation sites is 1. The predicted molar refractivity (Wildman–Crippen MR) is 92.6 cm³/mol. The van der Waals surface area contributed by atoms with Crippen LogP contribution < -0.4 is 0 Å². The lowest BCUT2D eigenvalue weighted by Crippen LogP contribution is -2.57. The minimum atomic E-state index is -1.46. The lowest BCUT2D eigenvalue weighted by atomic mass is 10.0. The highest BCUT2D eigenvalue weighted by Crippen LogP contribution is 2.31.